The topological polar surface area (TPSA) is 40.1 Å². The molecule has 0 spiro atoms. The lowest BCUT2D eigenvalue weighted by atomic mass is 9.73. The highest BCUT2D eigenvalue weighted by Gasteiger charge is 2.46. The predicted octanol–water partition coefficient (Wildman–Crippen LogP) is 5.76. The molecular weight excluding hydrogens is 368 g/mol. The number of hydrogen-bond acceptors (Lipinski definition) is 2. The van der Waals surface area contributed by atoms with Crippen LogP contribution in [0.25, 0.3) is 0 Å². The number of rotatable bonds is 4. The summed E-state index contributed by atoms with van der Waals surface area (Å²) in [5, 5.41) is 12.6. The first-order valence-electron chi connectivity index (χ1n) is 13.0. The minimum absolute atomic E-state index is 0.479. The number of carboxylic acid groups (broad SMARTS) is 1. The van der Waals surface area contributed by atoms with E-state index in [0.29, 0.717) is 23.3 Å². The number of fused-ring (bicyclic) bond motifs is 6. The first kappa shape index (κ1) is 18.3. The van der Waals surface area contributed by atoms with Crippen LogP contribution in [0.1, 0.15) is 122 Å². The molecule has 1 aromatic rings. The summed E-state index contributed by atoms with van der Waals surface area (Å²) in [6.45, 7) is 0. The molecule has 6 aliphatic carbocycles. The van der Waals surface area contributed by atoms with Crippen LogP contribution < -0.4 is 5.11 Å². The van der Waals surface area contributed by atoms with Crippen LogP contribution in [0, 0.1) is 35.5 Å². The number of hydrogen-bond donors (Lipinski definition) is 0. The van der Waals surface area contributed by atoms with Crippen molar-refractivity contribution in [1.82, 2.24) is 0 Å². The fourth-order valence-electron chi connectivity index (χ4n) is 9.65. The molecule has 0 radical (unpaired) electrons. The van der Waals surface area contributed by atoms with Gasteiger partial charge in [-0.2, -0.15) is 0 Å². The van der Waals surface area contributed by atoms with E-state index in [0.717, 1.165) is 35.5 Å². The van der Waals surface area contributed by atoms with Gasteiger partial charge in [0.1, 0.15) is 0 Å². The van der Waals surface area contributed by atoms with E-state index < -0.39 is 5.97 Å². The van der Waals surface area contributed by atoms with Crippen molar-refractivity contribution in [3.8, 4) is 0 Å². The first-order chi connectivity index (χ1) is 14.6. The number of benzene rings is 1. The van der Waals surface area contributed by atoms with Crippen molar-refractivity contribution in [2.45, 2.75) is 94.8 Å². The Morgan fingerprint density at radius 1 is 0.633 bits per heavy atom. The maximum atomic E-state index is 12.6. The van der Waals surface area contributed by atoms with Gasteiger partial charge >= 0.3 is 0 Å². The highest BCUT2D eigenvalue weighted by molar-refractivity contribution is 5.90. The van der Waals surface area contributed by atoms with Gasteiger partial charge in [0.15, 0.2) is 0 Å². The van der Waals surface area contributed by atoms with Crippen LogP contribution in [0.3, 0.4) is 0 Å². The van der Waals surface area contributed by atoms with Crippen LogP contribution >= 0.6 is 0 Å². The smallest absolute Gasteiger partial charge is 0.0721 e. The van der Waals surface area contributed by atoms with Crippen molar-refractivity contribution in [3.63, 3.8) is 0 Å². The van der Waals surface area contributed by atoms with Gasteiger partial charge in [-0.1, -0.05) is 31.4 Å². The van der Waals surface area contributed by atoms with Gasteiger partial charge in [0.2, 0.25) is 0 Å². The van der Waals surface area contributed by atoms with Gasteiger partial charge in [0.05, 0.1) is 5.97 Å². The van der Waals surface area contributed by atoms with E-state index in [9.17, 15) is 9.90 Å². The highest BCUT2D eigenvalue weighted by atomic mass is 16.4. The van der Waals surface area contributed by atoms with E-state index in [2.05, 4.69) is 12.1 Å². The molecule has 9 unspecified atom stereocenters. The van der Waals surface area contributed by atoms with Gasteiger partial charge in [0.25, 0.3) is 0 Å². The van der Waals surface area contributed by atoms with Crippen LogP contribution in [0.5, 0.6) is 0 Å². The maximum Gasteiger partial charge on any atom is 0.0721 e. The number of aromatic carboxylic acids is 1. The summed E-state index contributed by atoms with van der Waals surface area (Å²) >= 11 is 0. The van der Waals surface area contributed by atoms with E-state index >= 15 is 0 Å². The Labute approximate surface area is 180 Å². The molecule has 0 aromatic heterocycles. The zero-order valence-corrected chi connectivity index (χ0v) is 18.2. The summed E-state index contributed by atoms with van der Waals surface area (Å²) in [5.41, 5.74) is 4.58. The summed E-state index contributed by atoms with van der Waals surface area (Å²) < 4.78 is 0. The summed E-state index contributed by atoms with van der Waals surface area (Å²) in [4.78, 5) is 12.6. The molecule has 9 atom stereocenters. The van der Waals surface area contributed by atoms with E-state index in [1.165, 1.54) is 93.7 Å². The predicted molar refractivity (Wildman–Crippen MR) is 115 cm³/mol. The molecular formula is C28H35O2-. The molecule has 0 aliphatic heterocycles. The van der Waals surface area contributed by atoms with Crippen molar-refractivity contribution in [3.05, 3.63) is 34.4 Å². The fourth-order valence-corrected chi connectivity index (χ4v) is 9.65. The second-order valence-electron chi connectivity index (χ2n) is 12.2. The minimum Gasteiger partial charge on any atom is -0.545 e. The quantitative estimate of drug-likeness (QED) is 0.641. The number of carbonyl (C=O) groups is 1. The molecule has 160 valence electrons. The first-order valence-corrected chi connectivity index (χ1v) is 13.0. The molecule has 1 aromatic carbocycles. The molecule has 7 rings (SSSR count). The van der Waals surface area contributed by atoms with Crippen LogP contribution in [0.15, 0.2) is 12.1 Å². The van der Waals surface area contributed by atoms with E-state index in [4.69, 9.17) is 0 Å². The average molecular weight is 404 g/mol. The van der Waals surface area contributed by atoms with Crippen molar-refractivity contribution in [2.75, 3.05) is 0 Å². The lowest BCUT2D eigenvalue weighted by molar-refractivity contribution is -0.255. The molecule has 6 saturated carbocycles. The molecule has 0 amide bonds. The summed E-state index contributed by atoms with van der Waals surface area (Å²) in [6, 6.07) is 4.80. The Hall–Kier alpha value is -1.31. The molecule has 30 heavy (non-hydrogen) atoms. The molecule has 6 fully saturated rings. The third-order valence-electron chi connectivity index (χ3n) is 10.9. The summed E-state index contributed by atoms with van der Waals surface area (Å²) in [6.07, 6.45) is 16.1. The van der Waals surface area contributed by atoms with Gasteiger partial charge in [-0.15, -0.1) is 0 Å². The molecule has 0 saturated heterocycles. The SMILES string of the molecule is O=C([O-])c1c(C2CC3CCC2C3)cc(C2CC3CCC2C3)cc1C1CC2CCC1C2. The fraction of sp³-hybridized carbons (Fsp3) is 0.750. The Bertz CT molecular complexity index is 838. The molecule has 6 bridgehead atoms. The van der Waals surface area contributed by atoms with Crippen LogP contribution in [-0.2, 0) is 0 Å². The Morgan fingerprint density at radius 3 is 1.40 bits per heavy atom. The molecule has 2 nitrogen and oxygen atoms in total. The Kier molecular flexibility index (Phi) is 4.02. The highest BCUT2D eigenvalue weighted by Crippen LogP contribution is 2.59. The molecule has 6 aliphatic rings. The van der Waals surface area contributed by atoms with Gasteiger partial charge < -0.3 is 9.90 Å². The normalized spacial score (nSPS) is 45.7. The summed E-state index contributed by atoms with van der Waals surface area (Å²) in [5.74, 6) is 5.66. The van der Waals surface area contributed by atoms with Gasteiger partial charge in [-0.3, -0.25) is 0 Å². The summed E-state index contributed by atoms with van der Waals surface area (Å²) in [7, 11) is 0. The van der Waals surface area contributed by atoms with Crippen molar-refractivity contribution < 1.29 is 9.90 Å². The lowest BCUT2D eigenvalue weighted by Gasteiger charge is -2.33. The van der Waals surface area contributed by atoms with Crippen LogP contribution in [0.2, 0.25) is 0 Å². The van der Waals surface area contributed by atoms with Crippen LogP contribution in [-0.4, -0.2) is 5.97 Å². The molecule has 2 heteroatoms. The molecule has 0 N–H and O–H groups in total. The zero-order chi connectivity index (χ0) is 20.0. The zero-order valence-electron chi connectivity index (χ0n) is 18.2. The third-order valence-corrected chi connectivity index (χ3v) is 10.9. The van der Waals surface area contributed by atoms with Crippen molar-refractivity contribution in [1.29, 1.82) is 0 Å². The monoisotopic (exact) mass is 403 g/mol. The Balaban J connectivity index is 1.37. The standard InChI is InChI=1S/C28H36O2/c29-28(30)27-25(23-11-16-2-5-19(23)8-16)13-21(22-10-15-1-4-18(22)7-15)14-26(27)24-12-17-3-6-20(24)9-17/h13-20,22-24H,1-12H2,(H,29,30)/p-1. The van der Waals surface area contributed by atoms with E-state index in [-0.39, 0.29) is 0 Å². The van der Waals surface area contributed by atoms with Gasteiger partial charge in [0, 0.05) is 5.56 Å². The third kappa shape index (κ3) is 2.64. The molecule has 0 heterocycles. The second kappa shape index (κ2) is 6.59. The van der Waals surface area contributed by atoms with E-state index in [1.54, 1.807) is 0 Å². The largest absolute Gasteiger partial charge is 0.545 e. The van der Waals surface area contributed by atoms with E-state index in [1.807, 2.05) is 0 Å². The van der Waals surface area contributed by atoms with Gasteiger partial charge in [-0.25, -0.2) is 0 Å². The second-order valence-corrected chi connectivity index (χ2v) is 12.2. The average Bonchev–Trinajstić information content (AvgIpc) is 3.59. The Morgan fingerprint density at radius 2 is 1.07 bits per heavy atom. The van der Waals surface area contributed by atoms with Crippen molar-refractivity contribution in [2.24, 2.45) is 35.5 Å². The number of carbonyl (C=O) groups excluding carboxylic acids is 1. The lowest BCUT2D eigenvalue weighted by Crippen LogP contribution is -2.29. The van der Waals surface area contributed by atoms with Crippen LogP contribution in [0.4, 0.5) is 0 Å². The van der Waals surface area contributed by atoms with Gasteiger partial charge in [-0.05, 0) is 128 Å². The maximum absolute atomic E-state index is 12.6. The minimum atomic E-state index is -0.884. The number of carboxylic acids is 1. The van der Waals surface area contributed by atoms with Crippen molar-refractivity contribution >= 4 is 5.97 Å².